The van der Waals surface area contributed by atoms with Gasteiger partial charge in [0.25, 0.3) is 17.7 Å². The van der Waals surface area contributed by atoms with Gasteiger partial charge in [-0.05, 0) is 48.0 Å². The number of anilines is 1. The van der Waals surface area contributed by atoms with E-state index in [2.05, 4.69) is 10.1 Å². The molecule has 0 fully saturated rings. The van der Waals surface area contributed by atoms with E-state index in [4.69, 9.17) is 16.3 Å². The molecule has 0 unspecified atom stereocenters. The molecule has 0 atom stereocenters. The minimum absolute atomic E-state index is 0.0396. The first-order valence-electron chi connectivity index (χ1n) is 9.96. The summed E-state index contributed by atoms with van der Waals surface area (Å²) in [6, 6.07) is 15.1. The molecule has 3 aromatic rings. The standard InChI is InChI=1S/C24H17ClF2N2O5/c1-33-19-8-6-13(12-29-22(31)15-4-2-3-5-16(15)23(29)32)10-17(19)21(30)28-14-7-9-20(18(25)11-14)34-24(26)27/h2-11,24H,12H2,1H3,(H,28,30). The Bertz CT molecular complexity index is 1260. The predicted octanol–water partition coefficient (Wildman–Crippen LogP) is 5.00. The van der Waals surface area contributed by atoms with E-state index in [0.717, 1.165) is 4.90 Å². The summed E-state index contributed by atoms with van der Waals surface area (Å²) in [6.45, 7) is -3.07. The summed E-state index contributed by atoms with van der Waals surface area (Å²) in [6.07, 6.45) is 0. The van der Waals surface area contributed by atoms with Gasteiger partial charge in [0, 0.05) is 5.69 Å². The maximum Gasteiger partial charge on any atom is 0.387 e. The number of amides is 3. The van der Waals surface area contributed by atoms with Crippen molar-refractivity contribution in [3.05, 3.63) is 87.9 Å². The third-order valence-corrected chi connectivity index (χ3v) is 5.43. The molecule has 0 radical (unpaired) electrons. The highest BCUT2D eigenvalue weighted by molar-refractivity contribution is 6.32. The van der Waals surface area contributed by atoms with Gasteiger partial charge in [-0.25, -0.2) is 0 Å². The van der Waals surface area contributed by atoms with Crippen molar-refractivity contribution in [2.75, 3.05) is 12.4 Å². The number of methoxy groups -OCH3 is 1. The van der Waals surface area contributed by atoms with Crippen LogP contribution in [-0.2, 0) is 6.54 Å². The molecule has 0 spiro atoms. The predicted molar refractivity (Wildman–Crippen MR) is 120 cm³/mol. The number of carbonyl (C=O) groups is 3. The van der Waals surface area contributed by atoms with Crippen molar-refractivity contribution in [2.45, 2.75) is 13.2 Å². The number of imide groups is 1. The molecule has 34 heavy (non-hydrogen) atoms. The first-order chi connectivity index (χ1) is 16.3. The Labute approximate surface area is 197 Å². The number of rotatable bonds is 7. The molecule has 1 N–H and O–H groups in total. The molecular formula is C24H17ClF2N2O5. The van der Waals surface area contributed by atoms with Gasteiger partial charge >= 0.3 is 6.61 Å². The van der Waals surface area contributed by atoms with E-state index in [0.29, 0.717) is 16.7 Å². The van der Waals surface area contributed by atoms with E-state index < -0.39 is 24.3 Å². The second-order valence-corrected chi connectivity index (χ2v) is 7.66. The topological polar surface area (TPSA) is 84.9 Å². The zero-order valence-electron chi connectivity index (χ0n) is 17.7. The molecule has 3 aromatic carbocycles. The minimum atomic E-state index is -3.04. The lowest BCUT2D eigenvalue weighted by atomic mass is 10.1. The molecule has 0 saturated carbocycles. The molecule has 1 aliphatic rings. The van der Waals surface area contributed by atoms with Gasteiger partial charge in [0.1, 0.15) is 11.5 Å². The van der Waals surface area contributed by atoms with Crippen molar-refractivity contribution in [3.63, 3.8) is 0 Å². The monoisotopic (exact) mass is 486 g/mol. The van der Waals surface area contributed by atoms with Gasteiger partial charge in [0.05, 0.1) is 35.4 Å². The number of ether oxygens (including phenoxy) is 2. The third kappa shape index (κ3) is 4.55. The zero-order chi connectivity index (χ0) is 24.4. The molecular weight excluding hydrogens is 470 g/mol. The molecule has 1 heterocycles. The Morgan fingerprint density at radius 3 is 2.24 bits per heavy atom. The number of fused-ring (bicyclic) bond motifs is 1. The Morgan fingerprint density at radius 2 is 1.65 bits per heavy atom. The van der Waals surface area contributed by atoms with Crippen LogP contribution in [0.1, 0.15) is 36.6 Å². The number of alkyl halides is 2. The summed E-state index contributed by atoms with van der Waals surface area (Å²) >= 11 is 5.94. The summed E-state index contributed by atoms with van der Waals surface area (Å²) in [5, 5.41) is 2.51. The lowest BCUT2D eigenvalue weighted by Gasteiger charge is -2.16. The molecule has 0 saturated heterocycles. The minimum Gasteiger partial charge on any atom is -0.496 e. The quantitative estimate of drug-likeness (QED) is 0.475. The van der Waals surface area contributed by atoms with Crippen LogP contribution >= 0.6 is 11.6 Å². The van der Waals surface area contributed by atoms with Crippen molar-refractivity contribution in [3.8, 4) is 11.5 Å². The van der Waals surface area contributed by atoms with Crippen molar-refractivity contribution < 1.29 is 32.6 Å². The van der Waals surface area contributed by atoms with E-state index in [9.17, 15) is 23.2 Å². The normalized spacial score (nSPS) is 12.7. The van der Waals surface area contributed by atoms with Crippen molar-refractivity contribution in [1.82, 2.24) is 4.90 Å². The highest BCUT2D eigenvalue weighted by Gasteiger charge is 2.35. The largest absolute Gasteiger partial charge is 0.496 e. The first kappa shape index (κ1) is 23.2. The maximum atomic E-state index is 12.9. The molecule has 174 valence electrons. The van der Waals surface area contributed by atoms with E-state index in [1.807, 2.05) is 0 Å². The molecule has 7 nitrogen and oxygen atoms in total. The molecule has 0 aromatic heterocycles. The first-order valence-corrected chi connectivity index (χ1v) is 10.3. The van der Waals surface area contributed by atoms with Crippen molar-refractivity contribution in [2.24, 2.45) is 0 Å². The summed E-state index contributed by atoms with van der Waals surface area (Å²) < 4.78 is 34.4. The summed E-state index contributed by atoms with van der Waals surface area (Å²) in [5.41, 5.74) is 1.56. The van der Waals surface area contributed by atoms with Crippen LogP contribution in [0.3, 0.4) is 0 Å². The van der Waals surface area contributed by atoms with Crippen LogP contribution in [0.4, 0.5) is 14.5 Å². The van der Waals surface area contributed by atoms with Gasteiger partial charge in [-0.1, -0.05) is 29.8 Å². The van der Waals surface area contributed by atoms with Gasteiger partial charge in [-0.15, -0.1) is 0 Å². The summed E-state index contributed by atoms with van der Waals surface area (Å²) in [7, 11) is 1.39. The van der Waals surface area contributed by atoms with Crippen molar-refractivity contribution >= 4 is 35.0 Å². The zero-order valence-corrected chi connectivity index (χ0v) is 18.4. The van der Waals surface area contributed by atoms with E-state index in [-0.39, 0.29) is 34.3 Å². The average Bonchev–Trinajstić information content (AvgIpc) is 3.05. The fourth-order valence-corrected chi connectivity index (χ4v) is 3.79. The number of carbonyl (C=O) groups excluding carboxylic acids is 3. The number of hydrogen-bond donors (Lipinski definition) is 1. The van der Waals surface area contributed by atoms with Crippen molar-refractivity contribution in [1.29, 1.82) is 0 Å². The lowest BCUT2D eigenvalue weighted by Crippen LogP contribution is -2.29. The average molecular weight is 487 g/mol. The van der Waals surface area contributed by atoms with Crippen LogP contribution in [0.2, 0.25) is 5.02 Å². The van der Waals surface area contributed by atoms with Crippen LogP contribution < -0.4 is 14.8 Å². The highest BCUT2D eigenvalue weighted by atomic mass is 35.5. The highest BCUT2D eigenvalue weighted by Crippen LogP contribution is 2.30. The SMILES string of the molecule is COc1ccc(CN2C(=O)c3ccccc3C2=O)cc1C(=O)Nc1ccc(OC(F)F)c(Cl)c1. The lowest BCUT2D eigenvalue weighted by molar-refractivity contribution is -0.0497. The molecule has 4 rings (SSSR count). The van der Waals surface area contributed by atoms with Crippen LogP contribution in [0.15, 0.2) is 60.7 Å². The maximum absolute atomic E-state index is 12.9. The van der Waals surface area contributed by atoms with Gasteiger partial charge in [-0.2, -0.15) is 8.78 Å². The molecule has 0 bridgehead atoms. The number of benzene rings is 3. The summed E-state index contributed by atoms with van der Waals surface area (Å²) in [4.78, 5) is 39.3. The van der Waals surface area contributed by atoms with Gasteiger partial charge in [0.2, 0.25) is 0 Å². The Balaban J connectivity index is 1.55. The fraction of sp³-hybridized carbons (Fsp3) is 0.125. The Hall–Kier alpha value is -3.98. The summed E-state index contributed by atoms with van der Waals surface area (Å²) in [5.74, 6) is -1.37. The Morgan fingerprint density at radius 1 is 1.00 bits per heavy atom. The van der Waals surface area contributed by atoms with Crippen LogP contribution in [0, 0.1) is 0 Å². The number of nitrogens with zero attached hydrogens (tertiary/aromatic N) is 1. The fourth-order valence-electron chi connectivity index (χ4n) is 3.56. The van der Waals surface area contributed by atoms with Crippen LogP contribution in [-0.4, -0.2) is 36.3 Å². The third-order valence-electron chi connectivity index (χ3n) is 5.13. The second-order valence-electron chi connectivity index (χ2n) is 7.25. The van der Waals surface area contributed by atoms with Gasteiger partial charge in [0.15, 0.2) is 0 Å². The van der Waals surface area contributed by atoms with Gasteiger partial charge in [-0.3, -0.25) is 19.3 Å². The molecule has 10 heteroatoms. The van der Waals surface area contributed by atoms with Crippen LogP contribution in [0.25, 0.3) is 0 Å². The molecule has 0 aliphatic carbocycles. The molecule has 1 aliphatic heterocycles. The van der Waals surface area contributed by atoms with E-state index in [1.165, 1.54) is 31.4 Å². The second kappa shape index (κ2) is 9.48. The van der Waals surface area contributed by atoms with E-state index in [1.54, 1.807) is 36.4 Å². The van der Waals surface area contributed by atoms with Gasteiger partial charge < -0.3 is 14.8 Å². The number of hydrogen-bond acceptors (Lipinski definition) is 5. The Kier molecular flexibility index (Phi) is 6.47. The smallest absolute Gasteiger partial charge is 0.387 e. The number of nitrogens with one attached hydrogen (secondary N) is 1. The van der Waals surface area contributed by atoms with E-state index >= 15 is 0 Å². The molecule has 3 amide bonds. The van der Waals surface area contributed by atoms with Crippen LogP contribution in [0.5, 0.6) is 11.5 Å². The number of halogens is 3.